The molecular weight excluding hydrogens is 323 g/mol. The molecule has 2 heterocycles. The van der Waals surface area contributed by atoms with Crippen molar-refractivity contribution in [1.82, 2.24) is 4.90 Å². The molecule has 1 aromatic heterocycles. The molecule has 2 amide bonds. The standard InChI is InChI=1S/C19H21FN2O3/c1-12-10-17(13(2)25-12)19(24)22-9-3-4-14(11-22)18(23)21-16-7-5-15(20)6-8-16/h5-8,10,14H,3-4,9,11H2,1-2H3,(H,21,23)/t14-/m1/s1. The fourth-order valence-corrected chi connectivity index (χ4v) is 3.17. The lowest BCUT2D eigenvalue weighted by atomic mass is 9.96. The maximum Gasteiger partial charge on any atom is 0.257 e. The van der Waals surface area contributed by atoms with Crippen molar-refractivity contribution >= 4 is 17.5 Å². The quantitative estimate of drug-likeness (QED) is 0.926. The van der Waals surface area contributed by atoms with E-state index in [1.807, 2.05) is 0 Å². The maximum absolute atomic E-state index is 12.9. The molecule has 5 nitrogen and oxygen atoms in total. The number of nitrogens with one attached hydrogen (secondary N) is 1. The van der Waals surface area contributed by atoms with E-state index in [4.69, 9.17) is 4.42 Å². The van der Waals surface area contributed by atoms with E-state index in [1.165, 1.54) is 24.3 Å². The van der Waals surface area contributed by atoms with Crippen LogP contribution in [0.5, 0.6) is 0 Å². The largest absolute Gasteiger partial charge is 0.466 e. The number of anilines is 1. The smallest absolute Gasteiger partial charge is 0.257 e. The molecule has 0 spiro atoms. The number of rotatable bonds is 3. The first-order valence-corrected chi connectivity index (χ1v) is 8.37. The lowest BCUT2D eigenvalue weighted by Crippen LogP contribution is -2.43. The number of aryl methyl sites for hydroxylation is 2. The Bertz CT molecular complexity index is 782. The van der Waals surface area contributed by atoms with Crippen LogP contribution in [0.4, 0.5) is 10.1 Å². The monoisotopic (exact) mass is 344 g/mol. The van der Waals surface area contributed by atoms with Crippen molar-refractivity contribution in [3.05, 3.63) is 53.2 Å². The van der Waals surface area contributed by atoms with Crippen molar-refractivity contribution in [3.8, 4) is 0 Å². The summed E-state index contributed by atoms with van der Waals surface area (Å²) in [6.07, 6.45) is 1.49. The van der Waals surface area contributed by atoms with Gasteiger partial charge in [-0.05, 0) is 57.0 Å². The molecule has 1 aromatic carbocycles. The zero-order valence-corrected chi connectivity index (χ0v) is 14.3. The lowest BCUT2D eigenvalue weighted by molar-refractivity contribution is -0.121. The summed E-state index contributed by atoms with van der Waals surface area (Å²) in [7, 11) is 0. The van der Waals surface area contributed by atoms with Crippen LogP contribution in [0.1, 0.15) is 34.7 Å². The Morgan fingerprint density at radius 1 is 1.24 bits per heavy atom. The number of carbonyl (C=O) groups is 2. The minimum Gasteiger partial charge on any atom is -0.466 e. The van der Waals surface area contributed by atoms with Gasteiger partial charge in [0, 0.05) is 18.8 Å². The number of hydrogen-bond acceptors (Lipinski definition) is 3. The van der Waals surface area contributed by atoms with Gasteiger partial charge in [0.1, 0.15) is 17.3 Å². The number of nitrogens with zero attached hydrogens (tertiary/aromatic N) is 1. The van der Waals surface area contributed by atoms with Crippen molar-refractivity contribution in [1.29, 1.82) is 0 Å². The summed E-state index contributed by atoms with van der Waals surface area (Å²) in [6, 6.07) is 7.39. The van der Waals surface area contributed by atoms with Crippen LogP contribution in [0.25, 0.3) is 0 Å². The second-order valence-electron chi connectivity index (χ2n) is 6.41. The summed E-state index contributed by atoms with van der Waals surface area (Å²) >= 11 is 0. The van der Waals surface area contributed by atoms with E-state index >= 15 is 0 Å². The summed E-state index contributed by atoms with van der Waals surface area (Å²) in [6.45, 7) is 4.57. The van der Waals surface area contributed by atoms with Gasteiger partial charge in [-0.1, -0.05) is 0 Å². The van der Waals surface area contributed by atoms with Crippen molar-refractivity contribution in [2.75, 3.05) is 18.4 Å². The summed E-state index contributed by atoms with van der Waals surface area (Å²) in [5.74, 6) is 0.413. The first-order chi connectivity index (χ1) is 11.9. The van der Waals surface area contributed by atoms with Gasteiger partial charge in [-0.15, -0.1) is 0 Å². The third kappa shape index (κ3) is 3.90. The number of carbonyl (C=O) groups excluding carboxylic acids is 2. The van der Waals surface area contributed by atoms with Crippen LogP contribution in [0, 0.1) is 25.6 Å². The molecule has 1 atom stereocenters. The fourth-order valence-electron chi connectivity index (χ4n) is 3.17. The van der Waals surface area contributed by atoms with Crippen LogP contribution in [-0.4, -0.2) is 29.8 Å². The summed E-state index contributed by atoms with van der Waals surface area (Å²) < 4.78 is 18.4. The van der Waals surface area contributed by atoms with Gasteiger partial charge in [-0.25, -0.2) is 4.39 Å². The molecule has 3 rings (SSSR count). The van der Waals surface area contributed by atoms with E-state index in [9.17, 15) is 14.0 Å². The zero-order valence-electron chi connectivity index (χ0n) is 14.3. The molecule has 1 fully saturated rings. The van der Waals surface area contributed by atoms with Gasteiger partial charge >= 0.3 is 0 Å². The molecular formula is C19H21FN2O3. The maximum atomic E-state index is 12.9. The van der Waals surface area contributed by atoms with Gasteiger partial charge in [0.15, 0.2) is 0 Å². The highest BCUT2D eigenvalue weighted by atomic mass is 19.1. The highest BCUT2D eigenvalue weighted by molar-refractivity contribution is 5.97. The van der Waals surface area contributed by atoms with Gasteiger partial charge in [-0.2, -0.15) is 0 Å². The van der Waals surface area contributed by atoms with Gasteiger partial charge < -0.3 is 14.6 Å². The Morgan fingerprint density at radius 2 is 1.96 bits per heavy atom. The van der Waals surface area contributed by atoms with Gasteiger partial charge in [0.05, 0.1) is 11.5 Å². The molecule has 1 aliphatic rings. The predicted octanol–water partition coefficient (Wildman–Crippen LogP) is 3.53. The third-order valence-electron chi connectivity index (χ3n) is 4.46. The van der Waals surface area contributed by atoms with E-state index in [0.29, 0.717) is 35.9 Å². The van der Waals surface area contributed by atoms with Crippen LogP contribution < -0.4 is 5.32 Å². The van der Waals surface area contributed by atoms with Crippen molar-refractivity contribution in [2.24, 2.45) is 5.92 Å². The van der Waals surface area contributed by atoms with E-state index in [0.717, 1.165) is 12.8 Å². The molecule has 0 bridgehead atoms. The number of furan rings is 1. The summed E-state index contributed by atoms with van der Waals surface area (Å²) in [4.78, 5) is 26.9. The number of amides is 2. The third-order valence-corrected chi connectivity index (χ3v) is 4.46. The minimum atomic E-state index is -0.349. The molecule has 1 aliphatic heterocycles. The van der Waals surface area contributed by atoms with Crippen molar-refractivity contribution < 1.29 is 18.4 Å². The molecule has 2 aromatic rings. The number of benzene rings is 1. The molecule has 132 valence electrons. The van der Waals surface area contributed by atoms with E-state index < -0.39 is 0 Å². The first-order valence-electron chi connectivity index (χ1n) is 8.37. The Hall–Kier alpha value is -2.63. The molecule has 6 heteroatoms. The molecule has 0 unspecified atom stereocenters. The highest BCUT2D eigenvalue weighted by Gasteiger charge is 2.30. The van der Waals surface area contributed by atoms with Crippen molar-refractivity contribution in [2.45, 2.75) is 26.7 Å². The predicted molar refractivity (Wildman–Crippen MR) is 91.8 cm³/mol. The summed E-state index contributed by atoms with van der Waals surface area (Å²) in [5.41, 5.74) is 1.10. The Kier molecular flexibility index (Phi) is 4.88. The number of hydrogen-bond donors (Lipinski definition) is 1. The molecule has 25 heavy (non-hydrogen) atoms. The number of likely N-dealkylation sites (tertiary alicyclic amines) is 1. The average molecular weight is 344 g/mol. The molecule has 1 N–H and O–H groups in total. The zero-order chi connectivity index (χ0) is 18.0. The molecule has 0 saturated carbocycles. The van der Waals surface area contributed by atoms with Gasteiger partial charge in [-0.3, -0.25) is 9.59 Å². The topological polar surface area (TPSA) is 62.6 Å². The molecule has 1 saturated heterocycles. The van der Waals surface area contributed by atoms with E-state index in [-0.39, 0.29) is 23.5 Å². The number of halogens is 1. The van der Waals surface area contributed by atoms with Crippen molar-refractivity contribution in [3.63, 3.8) is 0 Å². The fraction of sp³-hybridized carbons (Fsp3) is 0.368. The van der Waals surface area contributed by atoms with Crippen LogP contribution in [0.15, 0.2) is 34.7 Å². The first kappa shape index (κ1) is 17.2. The van der Waals surface area contributed by atoms with Gasteiger partial charge in [0.2, 0.25) is 5.91 Å². The van der Waals surface area contributed by atoms with E-state index in [1.54, 1.807) is 24.8 Å². The molecule has 0 aliphatic carbocycles. The number of piperidine rings is 1. The molecule has 0 radical (unpaired) electrons. The minimum absolute atomic E-state index is 0.103. The second kappa shape index (κ2) is 7.09. The van der Waals surface area contributed by atoms with Gasteiger partial charge in [0.25, 0.3) is 5.91 Å². The van der Waals surface area contributed by atoms with Crippen LogP contribution in [-0.2, 0) is 4.79 Å². The Labute approximate surface area is 145 Å². The normalized spacial score (nSPS) is 17.4. The van der Waals surface area contributed by atoms with Crippen LogP contribution >= 0.6 is 0 Å². The Morgan fingerprint density at radius 3 is 2.60 bits per heavy atom. The van der Waals surface area contributed by atoms with E-state index in [2.05, 4.69) is 5.32 Å². The SMILES string of the molecule is Cc1cc(C(=O)N2CCC[C@@H](C(=O)Nc3ccc(F)cc3)C2)c(C)o1. The average Bonchev–Trinajstić information content (AvgIpc) is 2.94. The Balaban J connectivity index is 1.66. The van der Waals surface area contributed by atoms with Crippen LogP contribution in [0.2, 0.25) is 0 Å². The lowest BCUT2D eigenvalue weighted by Gasteiger charge is -2.32. The van der Waals surface area contributed by atoms with Crippen LogP contribution in [0.3, 0.4) is 0 Å². The second-order valence-corrected chi connectivity index (χ2v) is 6.41. The summed E-state index contributed by atoms with van der Waals surface area (Å²) in [5, 5.41) is 2.79. The highest BCUT2D eigenvalue weighted by Crippen LogP contribution is 2.23.